The molecule has 0 saturated carbocycles. The van der Waals surface area contributed by atoms with Gasteiger partial charge in [-0.2, -0.15) is 0 Å². The number of benzene rings is 1. The molecule has 0 spiro atoms. The highest BCUT2D eigenvalue weighted by Crippen LogP contribution is 2.25. The summed E-state index contributed by atoms with van der Waals surface area (Å²) in [5, 5.41) is 9.03. The van der Waals surface area contributed by atoms with Gasteiger partial charge in [-0.15, -0.1) is 0 Å². The summed E-state index contributed by atoms with van der Waals surface area (Å²) in [6, 6.07) is 5.44. The van der Waals surface area contributed by atoms with Crippen LogP contribution in [-0.4, -0.2) is 31.5 Å². The molecule has 0 unspecified atom stereocenters. The Kier molecular flexibility index (Phi) is 6.18. The first-order chi connectivity index (χ1) is 7.77. The van der Waals surface area contributed by atoms with Crippen molar-refractivity contribution in [2.75, 3.05) is 26.4 Å². The van der Waals surface area contributed by atoms with Crippen LogP contribution in [0.15, 0.2) is 18.2 Å². The smallest absolute Gasteiger partial charge is 0.138 e. The zero-order chi connectivity index (χ0) is 11.8. The molecule has 1 rings (SSSR count). The zero-order valence-corrected chi connectivity index (χ0v) is 9.74. The maximum absolute atomic E-state index is 8.49. The van der Waals surface area contributed by atoms with Crippen LogP contribution in [0, 0.1) is 0 Å². The lowest BCUT2D eigenvalue weighted by molar-refractivity contribution is 0.0705. The number of ether oxygens (including phenoxy) is 2. The number of halogens is 1. The van der Waals surface area contributed by atoms with Crippen LogP contribution < -0.4 is 10.5 Å². The molecule has 16 heavy (non-hydrogen) atoms. The second kappa shape index (κ2) is 7.46. The second-order valence-corrected chi connectivity index (χ2v) is 3.56. The average molecular weight is 246 g/mol. The highest BCUT2D eigenvalue weighted by Gasteiger charge is 2.02. The third-order valence-corrected chi connectivity index (χ3v) is 2.25. The van der Waals surface area contributed by atoms with Gasteiger partial charge in [0.2, 0.25) is 0 Å². The summed E-state index contributed by atoms with van der Waals surface area (Å²) in [6.45, 7) is 1.63. The molecule has 3 N–H and O–H groups in total. The van der Waals surface area contributed by atoms with Crippen molar-refractivity contribution < 1.29 is 14.6 Å². The molecule has 0 saturated heterocycles. The third-order valence-electron chi connectivity index (χ3n) is 1.95. The Bertz CT molecular complexity index is 320. The van der Waals surface area contributed by atoms with E-state index < -0.39 is 0 Å². The maximum atomic E-state index is 8.49. The molecule has 0 heterocycles. The molecule has 0 aliphatic heterocycles. The molecule has 0 aromatic heterocycles. The molecule has 0 amide bonds. The fourth-order valence-electron chi connectivity index (χ4n) is 1.17. The lowest BCUT2D eigenvalue weighted by atomic mass is 10.2. The summed E-state index contributed by atoms with van der Waals surface area (Å²) in [6.07, 6.45) is 0. The van der Waals surface area contributed by atoms with Gasteiger partial charge in [-0.25, -0.2) is 0 Å². The summed E-state index contributed by atoms with van der Waals surface area (Å²) in [4.78, 5) is 0. The van der Waals surface area contributed by atoms with E-state index in [1.54, 1.807) is 12.1 Å². The van der Waals surface area contributed by atoms with Crippen molar-refractivity contribution in [3.05, 3.63) is 28.8 Å². The summed E-state index contributed by atoms with van der Waals surface area (Å²) in [5.41, 5.74) is 6.45. The minimum absolute atomic E-state index is 0.0198. The number of hydrogen-bond acceptors (Lipinski definition) is 4. The van der Waals surface area contributed by atoms with Crippen LogP contribution in [0.3, 0.4) is 0 Å². The minimum atomic E-state index is 0.0198. The molecule has 1 aromatic rings. The number of nitrogens with two attached hydrogens (primary N) is 1. The van der Waals surface area contributed by atoms with Gasteiger partial charge in [0, 0.05) is 6.54 Å². The predicted octanol–water partition coefficient (Wildman–Crippen LogP) is 1.19. The van der Waals surface area contributed by atoms with Crippen LogP contribution in [0.25, 0.3) is 0 Å². The summed E-state index contributed by atoms with van der Waals surface area (Å²) in [7, 11) is 0. The van der Waals surface area contributed by atoms with Crippen LogP contribution in [0.5, 0.6) is 5.75 Å². The summed E-state index contributed by atoms with van der Waals surface area (Å²) < 4.78 is 10.5. The average Bonchev–Trinajstić information content (AvgIpc) is 2.30. The van der Waals surface area contributed by atoms with Gasteiger partial charge in [0.15, 0.2) is 0 Å². The molecule has 0 radical (unpaired) electrons. The van der Waals surface area contributed by atoms with Crippen molar-refractivity contribution >= 4 is 11.6 Å². The largest absolute Gasteiger partial charge is 0.490 e. The van der Waals surface area contributed by atoms with Gasteiger partial charge in [0.25, 0.3) is 0 Å². The monoisotopic (exact) mass is 245 g/mol. The fraction of sp³-hybridized carbons (Fsp3) is 0.455. The van der Waals surface area contributed by atoms with E-state index in [9.17, 15) is 0 Å². The van der Waals surface area contributed by atoms with Crippen molar-refractivity contribution in [2.24, 2.45) is 5.73 Å². The number of aliphatic hydroxyl groups excluding tert-OH is 1. The Morgan fingerprint density at radius 1 is 1.25 bits per heavy atom. The molecule has 0 atom stereocenters. The van der Waals surface area contributed by atoms with E-state index in [2.05, 4.69) is 0 Å². The number of rotatable bonds is 7. The fourth-order valence-corrected chi connectivity index (χ4v) is 1.42. The maximum Gasteiger partial charge on any atom is 0.138 e. The Morgan fingerprint density at radius 3 is 2.69 bits per heavy atom. The lowest BCUT2D eigenvalue weighted by Crippen LogP contribution is -2.09. The van der Waals surface area contributed by atoms with E-state index in [4.69, 9.17) is 31.9 Å². The van der Waals surface area contributed by atoms with E-state index in [0.717, 1.165) is 5.56 Å². The van der Waals surface area contributed by atoms with E-state index >= 15 is 0 Å². The lowest BCUT2D eigenvalue weighted by Gasteiger charge is -2.09. The van der Waals surface area contributed by atoms with Crippen LogP contribution >= 0.6 is 11.6 Å². The highest BCUT2D eigenvalue weighted by molar-refractivity contribution is 6.32. The summed E-state index contributed by atoms with van der Waals surface area (Å²) in [5.74, 6) is 0.617. The van der Waals surface area contributed by atoms with Gasteiger partial charge in [0.05, 0.1) is 24.8 Å². The van der Waals surface area contributed by atoms with Gasteiger partial charge in [-0.3, -0.25) is 0 Å². The van der Waals surface area contributed by atoms with Crippen LogP contribution in [0.2, 0.25) is 5.02 Å². The van der Waals surface area contributed by atoms with Crippen LogP contribution in [0.1, 0.15) is 5.56 Å². The molecule has 1 aromatic carbocycles. The van der Waals surface area contributed by atoms with Gasteiger partial charge in [-0.1, -0.05) is 17.7 Å². The van der Waals surface area contributed by atoms with E-state index in [-0.39, 0.29) is 6.61 Å². The SMILES string of the molecule is NCc1ccc(OCCOCCO)c(Cl)c1. The quantitative estimate of drug-likeness (QED) is 0.709. The van der Waals surface area contributed by atoms with Crippen molar-refractivity contribution in [3.8, 4) is 5.75 Å². The summed E-state index contributed by atoms with van der Waals surface area (Å²) >= 11 is 5.99. The topological polar surface area (TPSA) is 64.7 Å². The Balaban J connectivity index is 2.36. The molecule has 5 heteroatoms. The standard InChI is InChI=1S/C11H16ClNO3/c12-10-7-9(8-13)1-2-11(10)16-6-5-15-4-3-14/h1-2,7,14H,3-6,8,13H2. The van der Waals surface area contributed by atoms with Crippen molar-refractivity contribution in [1.29, 1.82) is 0 Å². The normalized spacial score (nSPS) is 10.4. The molecule has 0 fully saturated rings. The van der Waals surface area contributed by atoms with Gasteiger partial charge in [0.1, 0.15) is 12.4 Å². The van der Waals surface area contributed by atoms with Crippen molar-refractivity contribution in [2.45, 2.75) is 6.54 Å². The van der Waals surface area contributed by atoms with Gasteiger partial charge in [-0.05, 0) is 17.7 Å². The third kappa shape index (κ3) is 4.37. The van der Waals surface area contributed by atoms with Gasteiger partial charge >= 0.3 is 0 Å². The van der Waals surface area contributed by atoms with E-state index in [1.807, 2.05) is 6.07 Å². The predicted molar refractivity (Wildman–Crippen MR) is 62.7 cm³/mol. The Hall–Kier alpha value is -0.810. The zero-order valence-electron chi connectivity index (χ0n) is 8.99. The molecule has 4 nitrogen and oxygen atoms in total. The molecular weight excluding hydrogens is 230 g/mol. The second-order valence-electron chi connectivity index (χ2n) is 3.15. The molecule has 0 aliphatic rings. The molecule has 0 bridgehead atoms. The first-order valence-electron chi connectivity index (χ1n) is 5.08. The van der Waals surface area contributed by atoms with Crippen LogP contribution in [-0.2, 0) is 11.3 Å². The molecular formula is C11H16ClNO3. The van der Waals surface area contributed by atoms with Crippen molar-refractivity contribution in [1.82, 2.24) is 0 Å². The van der Waals surface area contributed by atoms with Crippen molar-refractivity contribution in [3.63, 3.8) is 0 Å². The molecule has 0 aliphatic carbocycles. The first kappa shape index (κ1) is 13.3. The van der Waals surface area contributed by atoms with E-state index in [1.165, 1.54) is 0 Å². The molecule has 90 valence electrons. The highest BCUT2D eigenvalue weighted by atomic mass is 35.5. The van der Waals surface area contributed by atoms with E-state index in [0.29, 0.717) is 37.1 Å². The first-order valence-corrected chi connectivity index (χ1v) is 5.45. The minimum Gasteiger partial charge on any atom is -0.490 e. The number of aliphatic hydroxyl groups is 1. The van der Waals surface area contributed by atoms with Gasteiger partial charge < -0.3 is 20.3 Å². The van der Waals surface area contributed by atoms with Crippen LogP contribution in [0.4, 0.5) is 0 Å². The Morgan fingerprint density at radius 2 is 2.06 bits per heavy atom. The number of hydrogen-bond donors (Lipinski definition) is 2. The Labute approximate surface area is 99.9 Å².